The highest BCUT2D eigenvalue weighted by atomic mass is 32.2. The number of aliphatic hydroxyl groups is 1. The van der Waals surface area contributed by atoms with Crippen molar-refractivity contribution in [2.75, 3.05) is 32.4 Å². The summed E-state index contributed by atoms with van der Waals surface area (Å²) in [6, 6.07) is 0.713. The third-order valence-electron chi connectivity index (χ3n) is 4.16. The Kier molecular flexibility index (Phi) is 4.53. The van der Waals surface area contributed by atoms with E-state index in [0.29, 0.717) is 12.0 Å². The molecule has 2 rings (SSSR count). The molecule has 0 spiro atoms. The predicted octanol–water partition coefficient (Wildman–Crippen LogP) is 0.783. The number of hydrogen-bond acceptors (Lipinski definition) is 4. The van der Waals surface area contributed by atoms with E-state index in [1.807, 2.05) is 18.7 Å². The van der Waals surface area contributed by atoms with Gasteiger partial charge in [0.1, 0.15) is 0 Å². The maximum atomic E-state index is 9.59. The fourth-order valence-corrected chi connectivity index (χ4v) is 3.85. The van der Waals surface area contributed by atoms with Gasteiger partial charge in [-0.25, -0.2) is 0 Å². The lowest BCUT2D eigenvalue weighted by atomic mass is 9.91. The van der Waals surface area contributed by atoms with Gasteiger partial charge in [0.05, 0.1) is 6.10 Å². The van der Waals surface area contributed by atoms with Crippen molar-refractivity contribution in [3.8, 4) is 0 Å². The lowest BCUT2D eigenvalue weighted by Gasteiger charge is -2.38. The van der Waals surface area contributed by atoms with Crippen molar-refractivity contribution in [1.29, 1.82) is 0 Å². The van der Waals surface area contributed by atoms with Crippen molar-refractivity contribution in [3.63, 3.8) is 0 Å². The first-order valence-electron chi connectivity index (χ1n) is 6.38. The quantitative estimate of drug-likeness (QED) is 0.769. The Balaban J connectivity index is 1.84. The predicted molar refractivity (Wildman–Crippen MR) is 69.9 cm³/mol. The van der Waals surface area contributed by atoms with Gasteiger partial charge in [0.2, 0.25) is 0 Å². The molecule has 0 radical (unpaired) electrons. The summed E-state index contributed by atoms with van der Waals surface area (Å²) < 4.78 is 0. The van der Waals surface area contributed by atoms with Gasteiger partial charge in [-0.15, -0.1) is 0 Å². The van der Waals surface area contributed by atoms with E-state index in [0.717, 1.165) is 31.2 Å². The first kappa shape index (κ1) is 12.7. The van der Waals surface area contributed by atoms with Gasteiger partial charge in [-0.1, -0.05) is 0 Å². The molecule has 0 aromatic carbocycles. The highest BCUT2D eigenvalue weighted by Crippen LogP contribution is 2.26. The minimum absolute atomic E-state index is 0.125. The molecule has 0 bridgehead atoms. The van der Waals surface area contributed by atoms with Crippen LogP contribution in [-0.2, 0) is 0 Å². The molecule has 2 heterocycles. The summed E-state index contributed by atoms with van der Waals surface area (Å²) in [7, 11) is 0. The second kappa shape index (κ2) is 5.71. The summed E-state index contributed by atoms with van der Waals surface area (Å²) in [5.41, 5.74) is 0. The maximum absolute atomic E-state index is 9.59. The van der Waals surface area contributed by atoms with E-state index in [9.17, 15) is 5.11 Å². The zero-order valence-corrected chi connectivity index (χ0v) is 11.2. The number of nitrogens with zero attached hydrogens (tertiary/aromatic N) is 1. The van der Waals surface area contributed by atoms with Crippen molar-refractivity contribution in [2.24, 2.45) is 5.92 Å². The summed E-state index contributed by atoms with van der Waals surface area (Å²) in [6.45, 7) is 6.56. The van der Waals surface area contributed by atoms with Gasteiger partial charge in [-0.2, -0.15) is 11.8 Å². The molecule has 3 atom stereocenters. The molecule has 0 amide bonds. The molecular formula is C12H24N2OS. The second-order valence-electron chi connectivity index (χ2n) is 5.11. The van der Waals surface area contributed by atoms with Crippen molar-refractivity contribution >= 4 is 11.8 Å². The van der Waals surface area contributed by atoms with E-state index < -0.39 is 0 Å². The standard InChI is InChI=1S/C12H24N2OS/c1-9(15)10-3-5-14(6-4-10)11-7-13-8-12(11)16-2/h9-13,15H,3-8H2,1-2H3. The van der Waals surface area contributed by atoms with Gasteiger partial charge < -0.3 is 10.4 Å². The Morgan fingerprint density at radius 1 is 1.31 bits per heavy atom. The van der Waals surface area contributed by atoms with Crippen molar-refractivity contribution in [3.05, 3.63) is 0 Å². The summed E-state index contributed by atoms with van der Waals surface area (Å²) in [6.07, 6.45) is 4.41. The molecule has 16 heavy (non-hydrogen) atoms. The van der Waals surface area contributed by atoms with Crippen LogP contribution in [0.4, 0.5) is 0 Å². The van der Waals surface area contributed by atoms with Crippen LogP contribution >= 0.6 is 11.8 Å². The molecule has 0 aromatic heterocycles. The largest absolute Gasteiger partial charge is 0.393 e. The Labute approximate surface area is 103 Å². The average Bonchev–Trinajstić information content (AvgIpc) is 2.77. The molecule has 0 aliphatic carbocycles. The monoisotopic (exact) mass is 244 g/mol. The van der Waals surface area contributed by atoms with Gasteiger partial charge in [0.15, 0.2) is 0 Å². The SMILES string of the molecule is CSC1CNCC1N1CCC(C(C)O)CC1. The number of hydrogen-bond donors (Lipinski definition) is 2. The van der Waals surface area contributed by atoms with E-state index in [1.54, 1.807) is 0 Å². The van der Waals surface area contributed by atoms with Crippen molar-refractivity contribution in [2.45, 2.75) is 37.2 Å². The van der Waals surface area contributed by atoms with Gasteiger partial charge in [0.25, 0.3) is 0 Å². The molecule has 2 fully saturated rings. The molecule has 3 nitrogen and oxygen atoms in total. The molecule has 4 heteroatoms. The first-order chi connectivity index (χ1) is 7.72. The van der Waals surface area contributed by atoms with E-state index in [2.05, 4.69) is 16.5 Å². The van der Waals surface area contributed by atoms with Crippen LogP contribution in [0.3, 0.4) is 0 Å². The minimum Gasteiger partial charge on any atom is -0.393 e. The topological polar surface area (TPSA) is 35.5 Å². The van der Waals surface area contributed by atoms with Crippen LogP contribution in [0.1, 0.15) is 19.8 Å². The number of likely N-dealkylation sites (tertiary alicyclic amines) is 1. The van der Waals surface area contributed by atoms with E-state index in [1.165, 1.54) is 13.1 Å². The molecule has 0 saturated carbocycles. The minimum atomic E-state index is -0.125. The van der Waals surface area contributed by atoms with Gasteiger partial charge in [-0.3, -0.25) is 4.90 Å². The molecule has 3 unspecified atom stereocenters. The normalized spacial score (nSPS) is 35.4. The summed E-state index contributed by atoms with van der Waals surface area (Å²) >= 11 is 1.99. The molecule has 2 N–H and O–H groups in total. The molecule has 94 valence electrons. The Morgan fingerprint density at radius 3 is 2.56 bits per heavy atom. The highest BCUT2D eigenvalue weighted by Gasteiger charge is 2.34. The first-order valence-corrected chi connectivity index (χ1v) is 7.66. The highest BCUT2D eigenvalue weighted by molar-refractivity contribution is 7.99. The van der Waals surface area contributed by atoms with Crippen LogP contribution in [0, 0.1) is 5.92 Å². The van der Waals surface area contributed by atoms with Crippen molar-refractivity contribution < 1.29 is 5.11 Å². The summed E-state index contributed by atoms with van der Waals surface area (Å²) in [4.78, 5) is 2.63. The van der Waals surface area contributed by atoms with Gasteiger partial charge in [-0.05, 0) is 45.0 Å². The number of thioether (sulfide) groups is 1. The third kappa shape index (κ3) is 2.73. The fourth-order valence-electron chi connectivity index (χ4n) is 2.98. The zero-order chi connectivity index (χ0) is 11.5. The Hall–Kier alpha value is 0.230. The van der Waals surface area contributed by atoms with Crippen LogP contribution in [0.5, 0.6) is 0 Å². The van der Waals surface area contributed by atoms with Crippen LogP contribution in [0.25, 0.3) is 0 Å². The number of nitrogens with one attached hydrogen (secondary N) is 1. The number of aliphatic hydroxyl groups excluding tert-OH is 1. The molecular weight excluding hydrogens is 220 g/mol. The molecule has 2 aliphatic rings. The Morgan fingerprint density at radius 2 is 2.00 bits per heavy atom. The van der Waals surface area contributed by atoms with E-state index >= 15 is 0 Å². The fraction of sp³-hybridized carbons (Fsp3) is 1.00. The molecule has 2 saturated heterocycles. The van der Waals surface area contributed by atoms with Gasteiger partial charge >= 0.3 is 0 Å². The van der Waals surface area contributed by atoms with E-state index in [4.69, 9.17) is 0 Å². The third-order valence-corrected chi connectivity index (χ3v) is 5.24. The number of piperidine rings is 1. The van der Waals surface area contributed by atoms with Crippen LogP contribution in [-0.4, -0.2) is 59.8 Å². The smallest absolute Gasteiger partial charge is 0.0541 e. The zero-order valence-electron chi connectivity index (χ0n) is 10.4. The lowest BCUT2D eigenvalue weighted by molar-refractivity contribution is 0.0597. The van der Waals surface area contributed by atoms with Crippen LogP contribution in [0.15, 0.2) is 0 Å². The molecule has 2 aliphatic heterocycles. The van der Waals surface area contributed by atoms with Gasteiger partial charge in [0, 0.05) is 24.4 Å². The Bertz CT molecular complexity index is 217. The summed E-state index contributed by atoms with van der Waals surface area (Å²) in [5.74, 6) is 0.526. The average molecular weight is 244 g/mol. The maximum Gasteiger partial charge on any atom is 0.0541 e. The van der Waals surface area contributed by atoms with E-state index in [-0.39, 0.29) is 6.10 Å². The second-order valence-corrected chi connectivity index (χ2v) is 6.19. The number of rotatable bonds is 3. The molecule has 0 aromatic rings. The van der Waals surface area contributed by atoms with Crippen LogP contribution in [0.2, 0.25) is 0 Å². The van der Waals surface area contributed by atoms with Crippen LogP contribution < -0.4 is 5.32 Å². The lowest BCUT2D eigenvalue weighted by Crippen LogP contribution is -2.47. The summed E-state index contributed by atoms with van der Waals surface area (Å²) in [5, 5.41) is 13.8. The van der Waals surface area contributed by atoms with Crippen molar-refractivity contribution in [1.82, 2.24) is 10.2 Å².